The molecule has 5 rings (SSSR count). The number of aliphatic hydroxyl groups excluding tert-OH is 1. The Labute approximate surface area is 399 Å². The Kier molecular flexibility index (Phi) is 24.8. The fourth-order valence-corrected chi connectivity index (χ4v) is 5.92. The average Bonchev–Trinajstić information content (AvgIpc) is 3.68. The van der Waals surface area contributed by atoms with E-state index >= 15 is 0 Å². The number of carboxylic acids is 1. The smallest absolute Gasteiger partial charge is 0.870 e. The maximum absolute atomic E-state index is 11.4. The largest absolute Gasteiger partial charge is 1.00 e. The standard InChI is InChI=1S/C11H15ClN2O3.C11H15ClN2O2.C9H13ClN2O4.C7H5ClO3.Na.H2O/c1-4-16-8(15)5-14-7(2)9(12)10(13-14)11(3)6-17-11;1-5-16-9(15)6-14-8(4)10(12)11(13-14)7(2)3;1-5-7(10)8(9(2,16)4-13)11-12(5)3-6(14)15;8-6-3-1-2-5(4-6)7(9)11-10;;/h4-6H2,1-3H3;2,5-6H2,1,3-4H3;13,16H,3-4H2,1-2H3,(H,14,15);1-4,10H;;1H2/q;;;;+1;/p-1. The van der Waals surface area contributed by atoms with Gasteiger partial charge in [-0.15, -0.1) is 0 Å². The molecule has 5 N–H and O–H groups in total. The van der Waals surface area contributed by atoms with Crippen LogP contribution in [0.15, 0.2) is 30.8 Å². The number of rotatable bonds is 13. The van der Waals surface area contributed by atoms with Crippen LogP contribution in [-0.4, -0.2) is 106 Å². The monoisotopic (exact) mass is 960 g/mol. The average molecular weight is 963 g/mol. The van der Waals surface area contributed by atoms with E-state index in [4.69, 9.17) is 76.1 Å². The molecule has 0 amide bonds. The number of halogens is 4. The van der Waals surface area contributed by atoms with Crippen LogP contribution in [0, 0.1) is 20.8 Å². The second-order valence-electron chi connectivity index (χ2n) is 13.3. The number of carbonyl (C=O) groups excluding carboxylic acids is 3. The molecule has 24 heteroatoms. The van der Waals surface area contributed by atoms with Crippen molar-refractivity contribution in [3.8, 4) is 0 Å². The van der Waals surface area contributed by atoms with Crippen molar-refractivity contribution in [2.75, 3.05) is 26.4 Å². The topological polar surface area (TPSA) is 273 Å². The number of ether oxygens (including phenoxy) is 3. The zero-order chi connectivity index (χ0) is 45.7. The molecule has 3 aromatic heterocycles. The number of esters is 2. The van der Waals surface area contributed by atoms with Crippen LogP contribution in [0.3, 0.4) is 0 Å². The van der Waals surface area contributed by atoms with E-state index in [1.54, 1.807) is 44.5 Å². The maximum Gasteiger partial charge on any atom is 1.00 e. The summed E-state index contributed by atoms with van der Waals surface area (Å²) in [5.41, 5.74) is 2.37. The number of carbonyl (C=O) groups is 4. The Hall–Kier alpha value is -3.57. The van der Waals surface area contributed by atoms with Crippen molar-refractivity contribution in [2.24, 2.45) is 0 Å². The minimum absolute atomic E-state index is 0. The first-order chi connectivity index (χ1) is 28.0. The normalized spacial score (nSPS) is 14.3. The predicted molar refractivity (Wildman–Crippen MR) is 223 cm³/mol. The molecule has 0 aliphatic carbocycles. The van der Waals surface area contributed by atoms with Crippen LogP contribution in [0.25, 0.3) is 5.57 Å². The summed E-state index contributed by atoms with van der Waals surface area (Å²) in [4.78, 5) is 47.4. The number of epoxide rings is 1. The van der Waals surface area contributed by atoms with Gasteiger partial charge in [0.15, 0.2) is 0 Å². The molecule has 2 unspecified atom stereocenters. The van der Waals surface area contributed by atoms with Crippen molar-refractivity contribution >= 4 is 75.9 Å². The second-order valence-corrected chi connectivity index (χ2v) is 14.9. The zero-order valence-electron chi connectivity index (χ0n) is 35.7. The van der Waals surface area contributed by atoms with Crippen molar-refractivity contribution in [3.05, 3.63) is 90.7 Å². The Balaban J connectivity index is 0.000000800. The van der Waals surface area contributed by atoms with E-state index in [0.29, 0.717) is 52.0 Å². The van der Waals surface area contributed by atoms with Gasteiger partial charge >= 0.3 is 53.4 Å². The van der Waals surface area contributed by atoms with E-state index in [1.807, 2.05) is 20.8 Å². The summed E-state index contributed by atoms with van der Waals surface area (Å²) in [6.07, 6.45) is 0. The van der Waals surface area contributed by atoms with Crippen molar-refractivity contribution in [1.82, 2.24) is 29.3 Å². The summed E-state index contributed by atoms with van der Waals surface area (Å²) in [5.74, 6) is -2.51. The van der Waals surface area contributed by atoms with E-state index < -0.39 is 24.1 Å². The van der Waals surface area contributed by atoms with Crippen LogP contribution in [-0.2, 0) is 64.3 Å². The first kappa shape index (κ1) is 58.4. The third-order valence-corrected chi connectivity index (χ3v) is 9.89. The number of aliphatic carboxylic acids is 1. The number of hydrogen-bond acceptors (Lipinski definition) is 15. The van der Waals surface area contributed by atoms with Gasteiger partial charge in [0.05, 0.1) is 64.1 Å². The minimum atomic E-state index is -1.58. The summed E-state index contributed by atoms with van der Waals surface area (Å²) in [6.45, 7) is 18.2. The molecule has 0 radical (unpaired) electrons. The van der Waals surface area contributed by atoms with Crippen molar-refractivity contribution in [1.29, 1.82) is 0 Å². The van der Waals surface area contributed by atoms with Crippen LogP contribution in [0.2, 0.25) is 20.1 Å². The predicted octanol–water partition coefficient (Wildman–Crippen LogP) is 3.02. The number of nitrogens with zero attached hydrogens (tertiary/aromatic N) is 6. The van der Waals surface area contributed by atoms with E-state index in [-0.39, 0.29) is 88.5 Å². The molecule has 1 aromatic carbocycles. The number of allylic oxidation sites excluding steroid dienone is 1. The second kappa shape index (κ2) is 26.3. The molecule has 4 aromatic rings. The van der Waals surface area contributed by atoms with Crippen LogP contribution in [0.4, 0.5) is 0 Å². The molecule has 1 fully saturated rings. The third kappa shape index (κ3) is 16.5. The molecule has 0 spiro atoms. The molecule has 1 aliphatic heterocycles. The molecule has 62 heavy (non-hydrogen) atoms. The van der Waals surface area contributed by atoms with Crippen LogP contribution < -0.4 is 29.6 Å². The molecule has 19 nitrogen and oxygen atoms in total. The van der Waals surface area contributed by atoms with E-state index in [2.05, 4.69) is 26.8 Å². The van der Waals surface area contributed by atoms with Gasteiger partial charge in [-0.1, -0.05) is 59.0 Å². The van der Waals surface area contributed by atoms with Gasteiger partial charge in [0.1, 0.15) is 47.9 Å². The molecular weight excluding hydrogens is 913 g/mol. The number of aromatic nitrogens is 6. The number of carboxylic acid groups (broad SMARTS) is 1. The quantitative estimate of drug-likeness (QED) is 0.0374. The summed E-state index contributed by atoms with van der Waals surface area (Å²) >= 11 is 23.7. The number of hydrogen-bond donors (Lipinski definition) is 4. The zero-order valence-corrected chi connectivity index (χ0v) is 40.7. The van der Waals surface area contributed by atoms with Gasteiger partial charge < -0.3 is 35.0 Å². The van der Waals surface area contributed by atoms with Crippen LogP contribution >= 0.6 is 46.4 Å². The fourth-order valence-electron chi connectivity index (χ4n) is 4.76. The Morgan fingerprint density at radius 1 is 0.887 bits per heavy atom. The molecule has 1 saturated heterocycles. The molecule has 1 aliphatic rings. The minimum Gasteiger partial charge on any atom is -0.870 e. The molecule has 4 heterocycles. The molecule has 0 saturated carbocycles. The van der Waals surface area contributed by atoms with E-state index in [0.717, 1.165) is 17.0 Å². The van der Waals surface area contributed by atoms with Gasteiger partial charge in [0.2, 0.25) is 0 Å². The van der Waals surface area contributed by atoms with Gasteiger partial charge in [-0.25, -0.2) is 4.79 Å². The Morgan fingerprint density at radius 3 is 1.79 bits per heavy atom. The molecule has 2 atom stereocenters. The Morgan fingerprint density at radius 2 is 1.37 bits per heavy atom. The van der Waals surface area contributed by atoms with Crippen molar-refractivity contribution < 1.29 is 93.9 Å². The van der Waals surface area contributed by atoms with E-state index in [1.165, 1.54) is 28.4 Å². The summed E-state index contributed by atoms with van der Waals surface area (Å²) < 4.78 is 19.3. The van der Waals surface area contributed by atoms with Gasteiger partial charge in [-0.3, -0.25) is 33.3 Å². The summed E-state index contributed by atoms with van der Waals surface area (Å²) in [7, 11) is 0. The third-order valence-electron chi connectivity index (χ3n) is 8.30. The fraction of sp³-hybridized carbons (Fsp3) is 0.447. The van der Waals surface area contributed by atoms with E-state index in [9.17, 15) is 24.3 Å². The summed E-state index contributed by atoms with van der Waals surface area (Å²) in [6, 6.07) is 6.11. The maximum atomic E-state index is 11.4. The van der Waals surface area contributed by atoms with Crippen molar-refractivity contribution in [3.63, 3.8) is 0 Å². The Bertz CT molecular complexity index is 2170. The number of aliphatic hydroxyl groups is 2. The van der Waals surface area contributed by atoms with Gasteiger partial charge in [-0.2, -0.15) is 20.6 Å². The van der Waals surface area contributed by atoms with Crippen molar-refractivity contribution in [2.45, 2.75) is 86.2 Å². The van der Waals surface area contributed by atoms with Gasteiger partial charge in [0.25, 0.3) is 0 Å². The van der Waals surface area contributed by atoms with Gasteiger partial charge in [0, 0.05) is 5.02 Å². The van der Waals surface area contributed by atoms with Crippen LogP contribution in [0.5, 0.6) is 0 Å². The summed E-state index contributed by atoms with van der Waals surface area (Å²) in [5, 5.41) is 49.5. The molecule has 338 valence electrons. The molecule has 0 bridgehead atoms. The van der Waals surface area contributed by atoms with Crippen LogP contribution in [0.1, 0.15) is 79.1 Å². The molecular formula is C38H49Cl4N6NaO13. The first-order valence-electron chi connectivity index (χ1n) is 17.9. The van der Waals surface area contributed by atoms with Gasteiger partial charge in [-0.05, 0) is 79.2 Å². The first-order valence-corrected chi connectivity index (χ1v) is 19.5. The number of benzene rings is 1. The SMILES string of the molecule is C=C(C)c1nn(CC(=O)OCC)c(C)c1Cl.CCOC(=O)Cn1nc(C2(C)CO2)c(Cl)c1C.Cc1c(Cl)c(C(C)(O)CO)nn1CC(=O)O.O=C(OO)c1cccc(Cl)c1.[Na+].[OH-].